The fourth-order valence-electron chi connectivity index (χ4n) is 3.03. The molecule has 0 amide bonds. The zero-order chi connectivity index (χ0) is 20.5. The van der Waals surface area contributed by atoms with Crippen LogP contribution in [0.25, 0.3) is 0 Å². The maximum absolute atomic E-state index is 13.7. The minimum Gasteiger partial charge on any atom is -0.357 e. The van der Waals surface area contributed by atoms with Gasteiger partial charge in [0.05, 0.1) is 6.54 Å². The van der Waals surface area contributed by atoms with E-state index in [0.717, 1.165) is 36.9 Å². The van der Waals surface area contributed by atoms with E-state index in [0.29, 0.717) is 18.7 Å². The molecule has 2 N–H and O–H groups in total. The van der Waals surface area contributed by atoms with Crippen LogP contribution in [-0.2, 0) is 19.5 Å². The van der Waals surface area contributed by atoms with Crippen molar-refractivity contribution >= 4 is 29.9 Å². The Bertz CT molecular complexity index is 940. The molecular weight excluding hydrogens is 492 g/mol. The SMILES string of the molecule is CCNC(=NCc1ccc(C)c(F)c1)NCCc1nccn1Cc1ccccc1.I. The summed E-state index contributed by atoms with van der Waals surface area (Å²) in [5, 5.41) is 6.57. The molecule has 3 aromatic rings. The minimum absolute atomic E-state index is 0. The van der Waals surface area contributed by atoms with Gasteiger partial charge >= 0.3 is 0 Å². The van der Waals surface area contributed by atoms with Crippen LogP contribution in [0.1, 0.15) is 29.4 Å². The molecule has 1 heterocycles. The number of aliphatic imine (C=N–C) groups is 1. The van der Waals surface area contributed by atoms with E-state index in [1.54, 1.807) is 19.1 Å². The van der Waals surface area contributed by atoms with E-state index in [9.17, 15) is 4.39 Å². The number of imidazole rings is 1. The lowest BCUT2D eigenvalue weighted by atomic mass is 10.1. The summed E-state index contributed by atoms with van der Waals surface area (Å²) < 4.78 is 15.9. The van der Waals surface area contributed by atoms with Crippen molar-refractivity contribution < 1.29 is 4.39 Å². The second-order valence-electron chi connectivity index (χ2n) is 6.91. The number of nitrogens with one attached hydrogen (secondary N) is 2. The Hall–Kier alpha value is -2.42. The zero-order valence-electron chi connectivity index (χ0n) is 17.4. The van der Waals surface area contributed by atoms with Crippen molar-refractivity contribution in [1.29, 1.82) is 0 Å². The average molecular weight is 521 g/mol. The molecule has 3 rings (SSSR count). The summed E-state index contributed by atoms with van der Waals surface area (Å²) >= 11 is 0. The van der Waals surface area contributed by atoms with Gasteiger partial charge in [0.25, 0.3) is 0 Å². The van der Waals surface area contributed by atoms with Crippen LogP contribution in [0.15, 0.2) is 65.9 Å². The second-order valence-corrected chi connectivity index (χ2v) is 6.91. The lowest BCUT2D eigenvalue weighted by Crippen LogP contribution is -2.38. The van der Waals surface area contributed by atoms with Gasteiger partial charge in [0.2, 0.25) is 0 Å². The Labute approximate surface area is 194 Å². The molecule has 0 aliphatic heterocycles. The fourth-order valence-corrected chi connectivity index (χ4v) is 3.03. The molecule has 0 bridgehead atoms. The molecule has 0 saturated carbocycles. The van der Waals surface area contributed by atoms with Crippen LogP contribution in [-0.4, -0.2) is 28.6 Å². The van der Waals surface area contributed by atoms with E-state index < -0.39 is 0 Å². The molecule has 1 aromatic heterocycles. The third-order valence-corrected chi connectivity index (χ3v) is 4.64. The topological polar surface area (TPSA) is 54.2 Å². The molecular formula is C23H29FIN5. The number of aromatic nitrogens is 2. The number of aryl methyl sites for hydroxylation is 1. The molecule has 2 aromatic carbocycles. The predicted molar refractivity (Wildman–Crippen MR) is 131 cm³/mol. The van der Waals surface area contributed by atoms with Gasteiger partial charge in [-0.25, -0.2) is 14.4 Å². The summed E-state index contributed by atoms with van der Waals surface area (Å²) in [6, 6.07) is 15.6. The van der Waals surface area contributed by atoms with E-state index in [-0.39, 0.29) is 29.8 Å². The maximum atomic E-state index is 13.7. The van der Waals surface area contributed by atoms with Gasteiger partial charge in [-0.05, 0) is 36.6 Å². The highest BCUT2D eigenvalue weighted by atomic mass is 127. The molecule has 0 saturated heterocycles. The van der Waals surface area contributed by atoms with Gasteiger partial charge in [-0.15, -0.1) is 24.0 Å². The Morgan fingerprint density at radius 1 is 1.10 bits per heavy atom. The number of hydrogen-bond donors (Lipinski definition) is 2. The molecule has 0 unspecified atom stereocenters. The first-order chi connectivity index (χ1) is 14.2. The van der Waals surface area contributed by atoms with Crippen molar-refractivity contribution in [3.8, 4) is 0 Å². The molecule has 0 spiro atoms. The van der Waals surface area contributed by atoms with Crippen molar-refractivity contribution in [3.63, 3.8) is 0 Å². The van der Waals surface area contributed by atoms with Gasteiger partial charge in [-0.1, -0.05) is 42.5 Å². The number of rotatable bonds is 8. The van der Waals surface area contributed by atoms with Gasteiger partial charge < -0.3 is 15.2 Å². The van der Waals surface area contributed by atoms with Crippen molar-refractivity contribution in [2.45, 2.75) is 33.4 Å². The number of halogens is 2. The number of nitrogens with zero attached hydrogens (tertiary/aromatic N) is 3. The lowest BCUT2D eigenvalue weighted by Gasteiger charge is -2.12. The highest BCUT2D eigenvalue weighted by Gasteiger charge is 2.05. The van der Waals surface area contributed by atoms with Gasteiger partial charge in [0.15, 0.2) is 5.96 Å². The summed E-state index contributed by atoms with van der Waals surface area (Å²) in [5.41, 5.74) is 2.75. The van der Waals surface area contributed by atoms with E-state index in [1.807, 2.05) is 43.6 Å². The summed E-state index contributed by atoms with van der Waals surface area (Å²) in [6.45, 7) is 6.49. The first kappa shape index (κ1) is 23.9. The Balaban J connectivity index is 0.00000320. The van der Waals surface area contributed by atoms with Gasteiger partial charge in [-0.3, -0.25) is 0 Å². The summed E-state index contributed by atoms with van der Waals surface area (Å²) in [4.78, 5) is 9.05. The average Bonchev–Trinajstić information content (AvgIpc) is 3.16. The molecule has 0 radical (unpaired) electrons. The Morgan fingerprint density at radius 3 is 2.63 bits per heavy atom. The number of hydrogen-bond acceptors (Lipinski definition) is 2. The van der Waals surface area contributed by atoms with E-state index in [2.05, 4.69) is 37.3 Å². The summed E-state index contributed by atoms with van der Waals surface area (Å²) in [5.74, 6) is 1.55. The Morgan fingerprint density at radius 2 is 1.90 bits per heavy atom. The van der Waals surface area contributed by atoms with Gasteiger partial charge in [0.1, 0.15) is 11.6 Å². The molecule has 5 nitrogen and oxygen atoms in total. The van der Waals surface area contributed by atoms with Crippen molar-refractivity contribution in [1.82, 2.24) is 20.2 Å². The van der Waals surface area contributed by atoms with Crippen LogP contribution in [0.5, 0.6) is 0 Å². The second kappa shape index (κ2) is 12.3. The normalized spacial score (nSPS) is 11.1. The van der Waals surface area contributed by atoms with Crippen molar-refractivity contribution in [2.75, 3.05) is 13.1 Å². The number of guanidine groups is 1. The van der Waals surface area contributed by atoms with Crippen LogP contribution in [0, 0.1) is 12.7 Å². The molecule has 0 aliphatic rings. The van der Waals surface area contributed by atoms with Gasteiger partial charge in [-0.2, -0.15) is 0 Å². The fraction of sp³-hybridized carbons (Fsp3) is 0.304. The van der Waals surface area contributed by atoms with Crippen LogP contribution < -0.4 is 10.6 Å². The highest BCUT2D eigenvalue weighted by molar-refractivity contribution is 14.0. The van der Waals surface area contributed by atoms with Crippen LogP contribution in [0.4, 0.5) is 4.39 Å². The van der Waals surface area contributed by atoms with Gasteiger partial charge in [0, 0.05) is 38.4 Å². The standard InChI is InChI=1S/C23H28FN5.HI/c1-3-25-23(28-16-20-10-9-18(2)21(24)15-20)27-12-11-22-26-13-14-29(22)17-19-7-5-4-6-8-19;/h4-10,13-15H,3,11-12,16-17H2,1-2H3,(H2,25,27,28);1H. The van der Waals surface area contributed by atoms with E-state index in [4.69, 9.17) is 0 Å². The molecule has 0 fully saturated rings. The first-order valence-corrected chi connectivity index (χ1v) is 9.97. The number of benzene rings is 2. The predicted octanol–water partition coefficient (Wildman–Crippen LogP) is 4.29. The highest BCUT2D eigenvalue weighted by Crippen LogP contribution is 2.10. The first-order valence-electron chi connectivity index (χ1n) is 9.97. The van der Waals surface area contributed by atoms with Crippen molar-refractivity contribution in [3.05, 3.63) is 89.3 Å². The monoisotopic (exact) mass is 521 g/mol. The van der Waals surface area contributed by atoms with Crippen LogP contribution in [0.2, 0.25) is 0 Å². The molecule has 30 heavy (non-hydrogen) atoms. The van der Waals surface area contributed by atoms with Crippen LogP contribution >= 0.6 is 24.0 Å². The van der Waals surface area contributed by atoms with E-state index in [1.165, 1.54) is 5.56 Å². The maximum Gasteiger partial charge on any atom is 0.191 e. The lowest BCUT2D eigenvalue weighted by molar-refractivity contribution is 0.616. The quantitative estimate of drug-likeness (QED) is 0.264. The Kier molecular flexibility index (Phi) is 9.79. The molecule has 0 atom stereocenters. The largest absolute Gasteiger partial charge is 0.357 e. The van der Waals surface area contributed by atoms with Crippen LogP contribution in [0.3, 0.4) is 0 Å². The minimum atomic E-state index is -0.194. The third-order valence-electron chi connectivity index (χ3n) is 4.64. The molecule has 0 aliphatic carbocycles. The van der Waals surface area contributed by atoms with Crippen molar-refractivity contribution in [2.24, 2.45) is 4.99 Å². The van der Waals surface area contributed by atoms with E-state index >= 15 is 0 Å². The third kappa shape index (κ3) is 7.12. The summed E-state index contributed by atoms with van der Waals surface area (Å²) in [7, 11) is 0. The smallest absolute Gasteiger partial charge is 0.191 e. The summed E-state index contributed by atoms with van der Waals surface area (Å²) in [6.07, 6.45) is 4.63. The molecule has 160 valence electrons. The zero-order valence-corrected chi connectivity index (χ0v) is 19.8. The molecule has 7 heteroatoms.